The van der Waals surface area contributed by atoms with Crippen molar-refractivity contribution in [2.45, 2.75) is 122 Å². The Bertz CT molecular complexity index is 647. The average molecular weight is 418 g/mol. The summed E-state index contributed by atoms with van der Waals surface area (Å²) in [6.07, 6.45) is 10.5. The molecule has 1 aliphatic carbocycles. The van der Waals surface area contributed by atoms with Crippen LogP contribution in [0.3, 0.4) is 0 Å². The molecule has 3 atom stereocenters. The van der Waals surface area contributed by atoms with Gasteiger partial charge in [0.1, 0.15) is 5.60 Å². The summed E-state index contributed by atoms with van der Waals surface area (Å²) < 4.78 is 5.44. The Labute approximate surface area is 183 Å². The Morgan fingerprint density at radius 1 is 1.17 bits per heavy atom. The van der Waals surface area contributed by atoms with Crippen molar-refractivity contribution < 1.29 is 14.6 Å². The standard InChI is InChI=1S/C26H43NO3/c1-6-7-8-9-10-11-12-21-13-15-22(16-14-21)23-17-18-26(19-23,20(2)28)27-24(29)30-25(3,4)5/h13-16,20,23,28H,6-12,17-19H2,1-5H3,(H,27,29). The first-order valence-electron chi connectivity index (χ1n) is 11.9. The van der Waals surface area contributed by atoms with Crippen LogP contribution >= 0.6 is 0 Å². The first-order chi connectivity index (χ1) is 14.1. The second kappa shape index (κ2) is 11.2. The van der Waals surface area contributed by atoms with Gasteiger partial charge in [0.15, 0.2) is 0 Å². The van der Waals surface area contributed by atoms with Crippen LogP contribution in [-0.4, -0.2) is 28.4 Å². The van der Waals surface area contributed by atoms with Crippen LogP contribution in [0.1, 0.15) is 109 Å². The summed E-state index contributed by atoms with van der Waals surface area (Å²) in [5.41, 5.74) is 1.54. The van der Waals surface area contributed by atoms with Crippen LogP contribution in [0.5, 0.6) is 0 Å². The molecule has 2 rings (SSSR count). The Balaban J connectivity index is 1.90. The molecule has 0 radical (unpaired) electrons. The van der Waals surface area contributed by atoms with E-state index in [1.165, 1.54) is 49.7 Å². The number of amides is 1. The van der Waals surface area contributed by atoms with Gasteiger partial charge in [-0.05, 0) is 76.8 Å². The monoisotopic (exact) mass is 417 g/mol. The maximum absolute atomic E-state index is 12.4. The highest BCUT2D eigenvalue weighted by atomic mass is 16.6. The lowest BCUT2D eigenvalue weighted by Crippen LogP contribution is -2.55. The van der Waals surface area contributed by atoms with Crippen LogP contribution < -0.4 is 5.32 Å². The third kappa shape index (κ3) is 7.61. The lowest BCUT2D eigenvalue weighted by atomic mass is 9.88. The largest absolute Gasteiger partial charge is 0.444 e. The molecule has 0 saturated heterocycles. The van der Waals surface area contributed by atoms with Gasteiger partial charge in [-0.15, -0.1) is 0 Å². The molecule has 0 aliphatic heterocycles. The number of benzene rings is 1. The molecule has 1 saturated carbocycles. The first-order valence-corrected chi connectivity index (χ1v) is 11.9. The van der Waals surface area contributed by atoms with E-state index in [9.17, 15) is 9.90 Å². The lowest BCUT2D eigenvalue weighted by molar-refractivity contribution is 0.0264. The van der Waals surface area contributed by atoms with Gasteiger partial charge in [-0.1, -0.05) is 63.3 Å². The highest BCUT2D eigenvalue weighted by Gasteiger charge is 2.45. The Hall–Kier alpha value is -1.55. The Morgan fingerprint density at radius 2 is 1.80 bits per heavy atom. The molecule has 3 unspecified atom stereocenters. The fourth-order valence-corrected chi connectivity index (χ4v) is 4.53. The zero-order valence-electron chi connectivity index (χ0n) is 19.8. The van der Waals surface area contributed by atoms with Crippen molar-refractivity contribution in [2.75, 3.05) is 0 Å². The molecule has 1 amide bonds. The number of aliphatic hydroxyl groups excluding tert-OH is 1. The Kier molecular flexibility index (Phi) is 9.21. The van der Waals surface area contributed by atoms with Gasteiger partial charge >= 0.3 is 6.09 Å². The molecule has 0 aromatic heterocycles. The fraction of sp³-hybridized carbons (Fsp3) is 0.731. The van der Waals surface area contributed by atoms with E-state index in [4.69, 9.17) is 4.74 Å². The van der Waals surface area contributed by atoms with E-state index in [0.29, 0.717) is 5.92 Å². The molecule has 0 heterocycles. The summed E-state index contributed by atoms with van der Waals surface area (Å²) in [6, 6.07) is 8.99. The van der Waals surface area contributed by atoms with Crippen LogP contribution in [0.15, 0.2) is 24.3 Å². The van der Waals surface area contributed by atoms with E-state index in [2.05, 4.69) is 36.5 Å². The van der Waals surface area contributed by atoms with Gasteiger partial charge in [0, 0.05) is 0 Å². The minimum absolute atomic E-state index is 0.345. The van der Waals surface area contributed by atoms with Crippen LogP contribution in [-0.2, 0) is 11.2 Å². The number of unbranched alkanes of at least 4 members (excludes halogenated alkanes) is 5. The van der Waals surface area contributed by atoms with Gasteiger partial charge in [-0.25, -0.2) is 4.79 Å². The number of carbonyl (C=O) groups excluding carboxylic acids is 1. The molecule has 4 heteroatoms. The quantitative estimate of drug-likeness (QED) is 0.427. The smallest absolute Gasteiger partial charge is 0.408 e. The van der Waals surface area contributed by atoms with Crippen LogP contribution in [0.4, 0.5) is 4.79 Å². The maximum atomic E-state index is 12.4. The van der Waals surface area contributed by atoms with Crippen LogP contribution in [0, 0.1) is 0 Å². The first kappa shape index (κ1) is 24.7. The molecule has 1 aliphatic rings. The highest BCUT2D eigenvalue weighted by Crippen LogP contribution is 2.43. The van der Waals surface area contributed by atoms with E-state index in [-0.39, 0.29) is 0 Å². The van der Waals surface area contributed by atoms with Crippen LogP contribution in [0.2, 0.25) is 0 Å². The molecular formula is C26H43NO3. The summed E-state index contributed by atoms with van der Waals surface area (Å²) in [7, 11) is 0. The second-order valence-electron chi connectivity index (χ2n) is 10.2. The second-order valence-corrected chi connectivity index (χ2v) is 10.2. The van der Waals surface area contributed by atoms with E-state index < -0.39 is 23.3 Å². The number of hydrogen-bond acceptors (Lipinski definition) is 3. The van der Waals surface area contributed by atoms with Crippen molar-refractivity contribution in [1.29, 1.82) is 0 Å². The predicted octanol–water partition coefficient (Wildman–Crippen LogP) is 6.50. The number of aryl methyl sites for hydroxylation is 1. The number of alkyl carbamates (subject to hydrolysis) is 1. The normalized spacial score (nSPS) is 22.7. The molecule has 1 aromatic carbocycles. The van der Waals surface area contributed by atoms with Gasteiger partial charge in [-0.3, -0.25) is 0 Å². The van der Waals surface area contributed by atoms with Gasteiger partial charge in [-0.2, -0.15) is 0 Å². The number of ether oxygens (including phenoxy) is 1. The van der Waals surface area contributed by atoms with Gasteiger partial charge < -0.3 is 15.2 Å². The summed E-state index contributed by atoms with van der Waals surface area (Å²) in [5.74, 6) is 0.345. The third-order valence-electron chi connectivity index (χ3n) is 6.37. The van der Waals surface area contributed by atoms with Crippen molar-refractivity contribution in [3.63, 3.8) is 0 Å². The molecule has 4 nitrogen and oxygen atoms in total. The topological polar surface area (TPSA) is 58.6 Å². The van der Waals surface area contributed by atoms with Gasteiger partial charge in [0.2, 0.25) is 0 Å². The summed E-state index contributed by atoms with van der Waals surface area (Å²) in [6.45, 7) is 9.58. The van der Waals surface area contributed by atoms with Crippen molar-refractivity contribution in [3.8, 4) is 0 Å². The highest BCUT2D eigenvalue weighted by molar-refractivity contribution is 5.69. The fourth-order valence-electron chi connectivity index (χ4n) is 4.53. The molecule has 170 valence electrons. The van der Waals surface area contributed by atoms with Crippen molar-refractivity contribution in [1.82, 2.24) is 5.32 Å². The molecular weight excluding hydrogens is 374 g/mol. The minimum atomic E-state index is -0.623. The molecule has 1 fully saturated rings. The predicted molar refractivity (Wildman–Crippen MR) is 124 cm³/mol. The van der Waals surface area contributed by atoms with E-state index in [1.54, 1.807) is 6.92 Å². The molecule has 2 N–H and O–H groups in total. The molecule has 0 spiro atoms. The molecule has 30 heavy (non-hydrogen) atoms. The SMILES string of the molecule is CCCCCCCCc1ccc(C2CCC(NC(=O)OC(C)(C)C)(C(C)O)C2)cc1. The molecule has 1 aromatic rings. The number of rotatable bonds is 10. The van der Waals surface area contributed by atoms with Crippen molar-refractivity contribution >= 4 is 6.09 Å². The number of hydrogen-bond donors (Lipinski definition) is 2. The van der Waals surface area contributed by atoms with Crippen molar-refractivity contribution in [3.05, 3.63) is 35.4 Å². The average Bonchev–Trinajstić information content (AvgIpc) is 3.09. The Morgan fingerprint density at radius 3 is 2.40 bits per heavy atom. The van der Waals surface area contributed by atoms with Crippen molar-refractivity contribution in [2.24, 2.45) is 0 Å². The number of aliphatic hydroxyl groups is 1. The van der Waals surface area contributed by atoms with E-state index in [0.717, 1.165) is 25.7 Å². The number of nitrogens with one attached hydrogen (secondary N) is 1. The zero-order chi connectivity index (χ0) is 22.2. The summed E-state index contributed by atoms with van der Waals surface area (Å²) in [5, 5.41) is 13.5. The molecule has 0 bridgehead atoms. The zero-order valence-corrected chi connectivity index (χ0v) is 19.8. The minimum Gasteiger partial charge on any atom is -0.444 e. The summed E-state index contributed by atoms with van der Waals surface area (Å²) in [4.78, 5) is 12.4. The lowest BCUT2D eigenvalue weighted by Gasteiger charge is -2.34. The third-order valence-corrected chi connectivity index (χ3v) is 6.37. The van der Waals surface area contributed by atoms with Gasteiger partial charge in [0.25, 0.3) is 0 Å². The number of carbonyl (C=O) groups is 1. The maximum Gasteiger partial charge on any atom is 0.408 e. The van der Waals surface area contributed by atoms with E-state index >= 15 is 0 Å². The van der Waals surface area contributed by atoms with E-state index in [1.807, 2.05) is 20.8 Å². The van der Waals surface area contributed by atoms with Gasteiger partial charge in [0.05, 0.1) is 11.6 Å². The van der Waals surface area contributed by atoms with Crippen LogP contribution in [0.25, 0.3) is 0 Å². The summed E-state index contributed by atoms with van der Waals surface area (Å²) >= 11 is 0.